The number of hydrogen-bond donors (Lipinski definition) is 1. The van der Waals surface area contributed by atoms with Gasteiger partial charge in [0.05, 0.1) is 12.3 Å². The molecule has 0 amide bonds. The summed E-state index contributed by atoms with van der Waals surface area (Å²) in [6, 6.07) is 1.65. The zero-order valence-corrected chi connectivity index (χ0v) is 11.0. The Balaban J connectivity index is 1.86. The second-order valence-electron chi connectivity index (χ2n) is 4.93. The van der Waals surface area contributed by atoms with Crippen LogP contribution in [0.1, 0.15) is 38.3 Å². The van der Waals surface area contributed by atoms with E-state index in [1.807, 2.05) is 6.92 Å². The van der Waals surface area contributed by atoms with Crippen LogP contribution in [0.3, 0.4) is 0 Å². The minimum atomic E-state index is -0.281. The molecule has 1 saturated heterocycles. The van der Waals surface area contributed by atoms with Crippen molar-refractivity contribution in [1.29, 1.82) is 0 Å². The molecule has 18 heavy (non-hydrogen) atoms. The summed E-state index contributed by atoms with van der Waals surface area (Å²) in [6.07, 6.45) is 5.48. The Morgan fingerprint density at radius 3 is 3.11 bits per heavy atom. The molecule has 100 valence electrons. The minimum absolute atomic E-state index is 0.117. The lowest BCUT2D eigenvalue weighted by atomic mass is 9.99. The molecule has 0 spiro atoms. The lowest BCUT2D eigenvalue weighted by Crippen LogP contribution is -2.30. The number of ether oxygens (including phenoxy) is 1. The first kappa shape index (κ1) is 13.4. The first-order chi connectivity index (χ1) is 8.70. The van der Waals surface area contributed by atoms with E-state index < -0.39 is 0 Å². The lowest BCUT2D eigenvalue weighted by Gasteiger charge is -2.20. The third-order valence-corrected chi connectivity index (χ3v) is 3.66. The van der Waals surface area contributed by atoms with E-state index in [1.165, 1.54) is 12.3 Å². The van der Waals surface area contributed by atoms with Gasteiger partial charge in [-0.3, -0.25) is 4.98 Å². The van der Waals surface area contributed by atoms with Crippen molar-refractivity contribution >= 4 is 0 Å². The van der Waals surface area contributed by atoms with Crippen LogP contribution in [-0.4, -0.2) is 24.2 Å². The summed E-state index contributed by atoms with van der Waals surface area (Å²) in [5.41, 5.74) is 0.891. The van der Waals surface area contributed by atoms with Gasteiger partial charge in [-0.05, 0) is 37.3 Å². The van der Waals surface area contributed by atoms with Gasteiger partial charge in [0, 0.05) is 25.4 Å². The Kier molecular flexibility index (Phi) is 4.66. The lowest BCUT2D eigenvalue weighted by molar-refractivity contribution is 0.0867. The van der Waals surface area contributed by atoms with Crippen molar-refractivity contribution in [3.05, 3.63) is 29.8 Å². The molecular formula is C14H21FN2O. The summed E-state index contributed by atoms with van der Waals surface area (Å²) in [6.45, 7) is 5.97. The fourth-order valence-corrected chi connectivity index (χ4v) is 2.49. The zero-order valence-electron chi connectivity index (χ0n) is 11.0. The van der Waals surface area contributed by atoms with E-state index >= 15 is 0 Å². The van der Waals surface area contributed by atoms with Crippen molar-refractivity contribution in [1.82, 2.24) is 10.3 Å². The maximum atomic E-state index is 13.1. The number of nitrogens with one attached hydrogen (secondary N) is 1. The smallest absolute Gasteiger partial charge is 0.141 e. The predicted molar refractivity (Wildman–Crippen MR) is 68.8 cm³/mol. The first-order valence-electron chi connectivity index (χ1n) is 6.66. The Morgan fingerprint density at radius 2 is 2.39 bits per heavy atom. The van der Waals surface area contributed by atoms with E-state index in [4.69, 9.17) is 4.74 Å². The second kappa shape index (κ2) is 6.25. The van der Waals surface area contributed by atoms with E-state index in [0.29, 0.717) is 12.0 Å². The third-order valence-electron chi connectivity index (χ3n) is 3.66. The fraction of sp³-hybridized carbons (Fsp3) is 0.643. The SMILES string of the molecule is CCC1OCCC1CNC(C)c1cncc(F)c1. The van der Waals surface area contributed by atoms with Crippen LogP contribution >= 0.6 is 0 Å². The van der Waals surface area contributed by atoms with Crippen molar-refractivity contribution < 1.29 is 9.13 Å². The topological polar surface area (TPSA) is 34.1 Å². The third kappa shape index (κ3) is 3.27. The standard InChI is InChI=1S/C14H21FN2O/c1-3-14-11(4-5-18-14)8-17-10(2)12-6-13(15)9-16-7-12/h6-7,9-11,14,17H,3-5,8H2,1-2H3. The van der Waals surface area contributed by atoms with Crippen molar-refractivity contribution in [3.63, 3.8) is 0 Å². The molecule has 1 aliphatic rings. The summed E-state index contributed by atoms with van der Waals surface area (Å²) >= 11 is 0. The average molecular weight is 252 g/mol. The van der Waals surface area contributed by atoms with Gasteiger partial charge in [-0.2, -0.15) is 0 Å². The monoisotopic (exact) mass is 252 g/mol. The molecule has 1 aromatic heterocycles. The molecule has 2 rings (SSSR count). The van der Waals surface area contributed by atoms with Gasteiger partial charge in [-0.15, -0.1) is 0 Å². The van der Waals surface area contributed by atoms with Crippen LogP contribution in [0.5, 0.6) is 0 Å². The van der Waals surface area contributed by atoms with Gasteiger partial charge in [0.1, 0.15) is 5.82 Å². The second-order valence-corrected chi connectivity index (χ2v) is 4.93. The maximum absolute atomic E-state index is 13.1. The van der Waals surface area contributed by atoms with Crippen molar-refractivity contribution in [2.24, 2.45) is 5.92 Å². The number of rotatable bonds is 5. The first-order valence-corrected chi connectivity index (χ1v) is 6.66. The predicted octanol–water partition coefficient (Wildman–Crippen LogP) is 2.69. The van der Waals surface area contributed by atoms with Gasteiger partial charge in [0.25, 0.3) is 0 Å². The van der Waals surface area contributed by atoms with Crippen LogP contribution in [0.4, 0.5) is 4.39 Å². The van der Waals surface area contributed by atoms with Crippen molar-refractivity contribution in [2.75, 3.05) is 13.2 Å². The van der Waals surface area contributed by atoms with E-state index in [9.17, 15) is 4.39 Å². The summed E-state index contributed by atoms with van der Waals surface area (Å²) in [5, 5.41) is 3.45. The normalized spacial score (nSPS) is 25.3. The molecule has 1 aliphatic heterocycles. The maximum Gasteiger partial charge on any atom is 0.141 e. The number of nitrogens with zero attached hydrogens (tertiary/aromatic N) is 1. The highest BCUT2D eigenvalue weighted by Crippen LogP contribution is 2.23. The van der Waals surface area contributed by atoms with E-state index in [2.05, 4.69) is 17.2 Å². The molecule has 1 fully saturated rings. The van der Waals surface area contributed by atoms with Crippen LogP contribution in [0.2, 0.25) is 0 Å². The molecule has 1 aromatic rings. The molecule has 4 heteroatoms. The number of aromatic nitrogens is 1. The van der Waals surface area contributed by atoms with Gasteiger partial charge < -0.3 is 10.1 Å². The highest BCUT2D eigenvalue weighted by molar-refractivity contribution is 5.14. The van der Waals surface area contributed by atoms with Crippen molar-refractivity contribution in [2.45, 2.75) is 38.8 Å². The number of hydrogen-bond acceptors (Lipinski definition) is 3. The number of pyridine rings is 1. The van der Waals surface area contributed by atoms with Gasteiger partial charge >= 0.3 is 0 Å². The molecule has 0 bridgehead atoms. The molecule has 0 radical (unpaired) electrons. The fourth-order valence-electron chi connectivity index (χ4n) is 2.49. The molecule has 3 nitrogen and oxygen atoms in total. The van der Waals surface area contributed by atoms with E-state index in [-0.39, 0.29) is 11.9 Å². The molecule has 0 saturated carbocycles. The summed E-state index contributed by atoms with van der Waals surface area (Å²) in [5.74, 6) is 0.288. The van der Waals surface area contributed by atoms with Crippen molar-refractivity contribution in [3.8, 4) is 0 Å². The molecule has 3 unspecified atom stereocenters. The largest absolute Gasteiger partial charge is 0.378 e. The average Bonchev–Trinajstić information content (AvgIpc) is 2.83. The Morgan fingerprint density at radius 1 is 1.56 bits per heavy atom. The van der Waals surface area contributed by atoms with E-state index in [0.717, 1.165) is 31.6 Å². The molecule has 2 heterocycles. The summed E-state index contributed by atoms with van der Waals surface area (Å²) in [7, 11) is 0. The minimum Gasteiger partial charge on any atom is -0.378 e. The molecular weight excluding hydrogens is 231 g/mol. The van der Waals surface area contributed by atoms with Crippen LogP contribution in [0.15, 0.2) is 18.5 Å². The summed E-state index contributed by atoms with van der Waals surface area (Å²) in [4.78, 5) is 3.88. The number of halogens is 1. The molecule has 1 N–H and O–H groups in total. The van der Waals surface area contributed by atoms with Gasteiger partial charge in [0.2, 0.25) is 0 Å². The van der Waals surface area contributed by atoms with Crippen LogP contribution in [0, 0.1) is 11.7 Å². The zero-order chi connectivity index (χ0) is 13.0. The van der Waals surface area contributed by atoms with Crippen LogP contribution in [0.25, 0.3) is 0 Å². The molecule has 3 atom stereocenters. The van der Waals surface area contributed by atoms with Gasteiger partial charge in [-0.1, -0.05) is 6.92 Å². The Bertz CT molecular complexity index is 386. The van der Waals surface area contributed by atoms with Gasteiger partial charge in [0.15, 0.2) is 0 Å². The van der Waals surface area contributed by atoms with Crippen LogP contribution < -0.4 is 5.32 Å². The highest BCUT2D eigenvalue weighted by atomic mass is 19.1. The van der Waals surface area contributed by atoms with E-state index in [1.54, 1.807) is 6.20 Å². The molecule has 0 aliphatic carbocycles. The highest BCUT2D eigenvalue weighted by Gasteiger charge is 2.26. The van der Waals surface area contributed by atoms with Gasteiger partial charge in [-0.25, -0.2) is 4.39 Å². The van der Waals surface area contributed by atoms with Crippen LogP contribution in [-0.2, 0) is 4.74 Å². The quantitative estimate of drug-likeness (QED) is 0.875. The molecule has 0 aromatic carbocycles. The Labute approximate surface area is 108 Å². The Hall–Kier alpha value is -1.00. The summed E-state index contributed by atoms with van der Waals surface area (Å²) < 4.78 is 18.7.